The molecule has 2 fully saturated rings. The van der Waals surface area contributed by atoms with E-state index in [2.05, 4.69) is 5.32 Å². The molecule has 1 spiro atoms. The van der Waals surface area contributed by atoms with Crippen molar-refractivity contribution in [3.8, 4) is 0 Å². The summed E-state index contributed by atoms with van der Waals surface area (Å²) in [6, 6.07) is 13.4. The maximum Gasteiger partial charge on any atom is 0.325 e. The molecule has 1 atom stereocenters. The summed E-state index contributed by atoms with van der Waals surface area (Å²) < 4.78 is 13.4. The first-order valence-corrected chi connectivity index (χ1v) is 12.2. The Bertz CT molecular complexity index is 1100. The van der Waals surface area contributed by atoms with Crippen LogP contribution in [-0.2, 0) is 28.1 Å². The van der Waals surface area contributed by atoms with E-state index in [0.717, 1.165) is 66.5 Å². The maximum atomic E-state index is 13.6. The minimum Gasteiger partial charge on any atom is -0.334 e. The van der Waals surface area contributed by atoms with Gasteiger partial charge in [0.25, 0.3) is 5.91 Å². The zero-order valence-corrected chi connectivity index (χ0v) is 19.3. The predicted octanol–water partition coefficient (Wildman–Crippen LogP) is 4.27. The van der Waals surface area contributed by atoms with E-state index in [4.69, 9.17) is 0 Å². The second-order valence-corrected chi connectivity index (χ2v) is 9.68. The number of carbonyl (C=O) groups is 3. The molecule has 178 valence electrons. The number of urea groups is 1. The van der Waals surface area contributed by atoms with Crippen LogP contribution in [0.2, 0.25) is 0 Å². The van der Waals surface area contributed by atoms with Crippen LogP contribution in [0.1, 0.15) is 61.6 Å². The fourth-order valence-corrected chi connectivity index (χ4v) is 5.78. The van der Waals surface area contributed by atoms with Crippen LogP contribution in [0.25, 0.3) is 0 Å². The van der Waals surface area contributed by atoms with Gasteiger partial charge in [0.15, 0.2) is 0 Å². The number of halogens is 1. The van der Waals surface area contributed by atoms with Gasteiger partial charge in [0.2, 0.25) is 5.91 Å². The van der Waals surface area contributed by atoms with Crippen LogP contribution in [0.3, 0.4) is 0 Å². The third-order valence-electron chi connectivity index (χ3n) is 7.55. The highest BCUT2D eigenvalue weighted by molar-refractivity contribution is 6.09. The fraction of sp³-hybridized carbons (Fsp3) is 0.444. The third kappa shape index (κ3) is 4.08. The number of rotatable bonds is 5. The fourth-order valence-electron chi connectivity index (χ4n) is 5.78. The van der Waals surface area contributed by atoms with Crippen molar-refractivity contribution in [2.75, 3.05) is 6.54 Å². The number of imide groups is 1. The Morgan fingerprint density at radius 2 is 1.76 bits per heavy atom. The van der Waals surface area contributed by atoms with Crippen LogP contribution in [0.4, 0.5) is 9.18 Å². The van der Waals surface area contributed by atoms with Crippen molar-refractivity contribution in [2.24, 2.45) is 0 Å². The van der Waals surface area contributed by atoms with Crippen molar-refractivity contribution in [3.05, 3.63) is 71.0 Å². The molecule has 0 unspecified atom stereocenters. The van der Waals surface area contributed by atoms with Crippen molar-refractivity contribution in [2.45, 2.75) is 69.5 Å². The Hall–Kier alpha value is -3.22. The van der Waals surface area contributed by atoms with E-state index >= 15 is 0 Å². The topological polar surface area (TPSA) is 69.7 Å². The first-order chi connectivity index (χ1) is 16.5. The van der Waals surface area contributed by atoms with Crippen LogP contribution in [0.5, 0.6) is 0 Å². The summed E-state index contributed by atoms with van der Waals surface area (Å²) in [5, 5.41) is 2.93. The molecule has 0 aromatic heterocycles. The van der Waals surface area contributed by atoms with Gasteiger partial charge in [-0.25, -0.2) is 9.18 Å². The highest BCUT2D eigenvalue weighted by atomic mass is 19.1. The Labute approximate surface area is 199 Å². The Balaban J connectivity index is 1.38. The molecule has 2 aromatic carbocycles. The van der Waals surface area contributed by atoms with Gasteiger partial charge in [-0.2, -0.15) is 0 Å². The number of hydrogen-bond acceptors (Lipinski definition) is 3. The second kappa shape index (κ2) is 9.20. The molecule has 5 rings (SSSR count). The van der Waals surface area contributed by atoms with Gasteiger partial charge in [0.05, 0.1) is 0 Å². The molecule has 0 bridgehead atoms. The summed E-state index contributed by atoms with van der Waals surface area (Å²) in [6.45, 7) is 0.0493. The number of hydrogen-bond donors (Lipinski definition) is 1. The van der Waals surface area contributed by atoms with Gasteiger partial charge in [0.1, 0.15) is 17.9 Å². The smallest absolute Gasteiger partial charge is 0.325 e. The molecule has 2 aliphatic carbocycles. The van der Waals surface area contributed by atoms with Gasteiger partial charge in [-0.1, -0.05) is 55.7 Å². The number of carbonyl (C=O) groups excluding carboxylic acids is 3. The average molecular weight is 464 g/mol. The molecule has 4 amide bonds. The van der Waals surface area contributed by atoms with E-state index in [0.29, 0.717) is 13.0 Å². The van der Waals surface area contributed by atoms with E-state index < -0.39 is 11.6 Å². The van der Waals surface area contributed by atoms with E-state index in [1.807, 2.05) is 24.3 Å². The van der Waals surface area contributed by atoms with Gasteiger partial charge in [-0.15, -0.1) is 0 Å². The molecule has 1 saturated carbocycles. The van der Waals surface area contributed by atoms with Gasteiger partial charge in [-0.05, 0) is 60.9 Å². The van der Waals surface area contributed by atoms with E-state index in [1.54, 1.807) is 17.0 Å². The molecule has 6 nitrogen and oxygen atoms in total. The lowest BCUT2D eigenvalue weighted by atomic mass is 9.76. The monoisotopic (exact) mass is 463 g/mol. The van der Waals surface area contributed by atoms with Gasteiger partial charge in [-0.3, -0.25) is 14.5 Å². The third-order valence-corrected chi connectivity index (χ3v) is 7.55. The molecule has 1 heterocycles. The molecule has 0 radical (unpaired) electrons. The molecule has 1 aliphatic heterocycles. The second-order valence-electron chi connectivity index (χ2n) is 9.68. The Kier molecular flexibility index (Phi) is 6.11. The van der Waals surface area contributed by atoms with E-state index in [9.17, 15) is 18.8 Å². The standard InChI is InChI=1S/C27H30FN3O3/c28-21-14-12-19(13-15-21)17-30(22-9-2-1-3-10-22)24(32)18-31-25(33)27(29-26(31)34)16-6-8-20-7-4-5-11-23(20)27/h4-5,7,11-15,22H,1-3,6,8-10,16-18H2,(H,29,34)/t27-/m1/s1. The Morgan fingerprint density at radius 3 is 2.53 bits per heavy atom. The molecule has 34 heavy (non-hydrogen) atoms. The largest absolute Gasteiger partial charge is 0.334 e. The predicted molar refractivity (Wildman–Crippen MR) is 125 cm³/mol. The zero-order chi connectivity index (χ0) is 23.7. The van der Waals surface area contributed by atoms with Crippen molar-refractivity contribution < 1.29 is 18.8 Å². The first-order valence-electron chi connectivity index (χ1n) is 12.2. The number of nitrogens with one attached hydrogen (secondary N) is 1. The van der Waals surface area contributed by atoms with Crippen molar-refractivity contribution in [1.29, 1.82) is 0 Å². The average Bonchev–Trinajstić information content (AvgIpc) is 3.09. The summed E-state index contributed by atoms with van der Waals surface area (Å²) in [7, 11) is 0. The van der Waals surface area contributed by atoms with E-state index in [1.165, 1.54) is 12.1 Å². The van der Waals surface area contributed by atoms with Crippen LogP contribution in [0, 0.1) is 5.82 Å². The van der Waals surface area contributed by atoms with Gasteiger partial charge < -0.3 is 10.2 Å². The van der Waals surface area contributed by atoms with E-state index in [-0.39, 0.29) is 30.2 Å². The number of amides is 4. The summed E-state index contributed by atoms with van der Waals surface area (Å²) >= 11 is 0. The molecular formula is C27H30FN3O3. The number of benzene rings is 2. The number of fused-ring (bicyclic) bond motifs is 2. The van der Waals surface area contributed by atoms with Crippen LogP contribution < -0.4 is 5.32 Å². The van der Waals surface area contributed by atoms with Crippen molar-refractivity contribution in [3.63, 3.8) is 0 Å². The quantitative estimate of drug-likeness (QED) is 0.674. The summed E-state index contributed by atoms with van der Waals surface area (Å²) in [6.07, 6.45) is 7.21. The molecule has 2 aromatic rings. The summed E-state index contributed by atoms with van der Waals surface area (Å²) in [5.41, 5.74) is 1.65. The Morgan fingerprint density at radius 1 is 1.03 bits per heavy atom. The minimum atomic E-state index is -1.08. The maximum absolute atomic E-state index is 13.6. The normalized spacial score (nSPS) is 22.6. The lowest BCUT2D eigenvalue weighted by Crippen LogP contribution is -2.49. The highest BCUT2D eigenvalue weighted by Gasteiger charge is 2.54. The van der Waals surface area contributed by atoms with Crippen LogP contribution >= 0.6 is 0 Å². The SMILES string of the molecule is O=C1N[C@@]2(CCCc3ccccc32)C(=O)N1CC(=O)N(Cc1ccc(F)cc1)C1CCCCC1. The molecule has 1 N–H and O–H groups in total. The van der Waals surface area contributed by atoms with Crippen LogP contribution in [0.15, 0.2) is 48.5 Å². The first kappa shape index (κ1) is 22.6. The summed E-state index contributed by atoms with van der Waals surface area (Å²) in [5.74, 6) is -0.916. The van der Waals surface area contributed by atoms with Gasteiger partial charge in [0, 0.05) is 12.6 Å². The highest BCUT2D eigenvalue weighted by Crippen LogP contribution is 2.40. The van der Waals surface area contributed by atoms with Crippen molar-refractivity contribution in [1.82, 2.24) is 15.1 Å². The molecule has 7 heteroatoms. The van der Waals surface area contributed by atoms with Crippen molar-refractivity contribution >= 4 is 17.8 Å². The van der Waals surface area contributed by atoms with Crippen LogP contribution in [-0.4, -0.2) is 40.2 Å². The molecule has 1 saturated heterocycles. The molecule has 3 aliphatic rings. The van der Waals surface area contributed by atoms with Gasteiger partial charge >= 0.3 is 6.03 Å². The minimum absolute atomic E-state index is 0.0523. The molecular weight excluding hydrogens is 433 g/mol. The lowest BCUT2D eigenvalue weighted by molar-refractivity contribution is -0.141. The number of aryl methyl sites for hydroxylation is 1. The number of nitrogens with zero attached hydrogens (tertiary/aromatic N) is 2. The lowest BCUT2D eigenvalue weighted by Gasteiger charge is -2.36. The summed E-state index contributed by atoms with van der Waals surface area (Å²) in [4.78, 5) is 43.0. The zero-order valence-electron chi connectivity index (χ0n) is 19.3.